The van der Waals surface area contributed by atoms with Gasteiger partial charge in [-0.15, -0.1) is 0 Å². The first kappa shape index (κ1) is 18.5. The van der Waals surface area contributed by atoms with Crippen LogP contribution in [0.5, 0.6) is 11.5 Å². The number of ether oxygens (including phenoxy) is 2. The maximum absolute atomic E-state index is 12.9. The Balaban J connectivity index is 1.89. The third kappa shape index (κ3) is 4.44. The highest BCUT2D eigenvalue weighted by molar-refractivity contribution is 5.95. The summed E-state index contributed by atoms with van der Waals surface area (Å²) >= 11 is 0. The Morgan fingerprint density at radius 3 is 2.48 bits per heavy atom. The molecule has 1 N–H and O–H groups in total. The van der Waals surface area contributed by atoms with Gasteiger partial charge in [0, 0.05) is 11.8 Å². The molecule has 0 aliphatic rings. The number of hydrogen-bond acceptors (Lipinski definition) is 4. The van der Waals surface area contributed by atoms with E-state index in [-0.39, 0.29) is 11.9 Å². The number of nitrogens with zero attached hydrogens (tertiary/aromatic N) is 1. The Morgan fingerprint density at radius 1 is 1.04 bits per heavy atom. The largest absolute Gasteiger partial charge is 0.493 e. The van der Waals surface area contributed by atoms with Gasteiger partial charge in [0.1, 0.15) is 0 Å². The fraction of sp³-hybridized carbons (Fsp3) is 0.182. The van der Waals surface area contributed by atoms with Gasteiger partial charge in [-0.05, 0) is 42.8 Å². The van der Waals surface area contributed by atoms with Crippen molar-refractivity contribution >= 4 is 5.91 Å². The summed E-state index contributed by atoms with van der Waals surface area (Å²) < 4.78 is 10.9. The van der Waals surface area contributed by atoms with Crippen molar-refractivity contribution in [2.75, 3.05) is 13.7 Å². The maximum atomic E-state index is 12.9. The molecule has 1 amide bonds. The summed E-state index contributed by atoms with van der Waals surface area (Å²) in [6.45, 7) is 2.43. The lowest BCUT2D eigenvalue weighted by atomic mass is 10.0. The molecule has 5 nitrogen and oxygen atoms in total. The monoisotopic (exact) mass is 362 g/mol. The number of carbonyl (C=O) groups excluding carboxylic acids is 1. The minimum absolute atomic E-state index is 0.212. The Kier molecular flexibility index (Phi) is 6.05. The molecule has 1 atom stereocenters. The van der Waals surface area contributed by atoms with Crippen LogP contribution in [-0.4, -0.2) is 24.6 Å². The molecule has 3 aromatic rings. The molecule has 3 rings (SSSR count). The van der Waals surface area contributed by atoms with Gasteiger partial charge in [0.15, 0.2) is 11.5 Å². The zero-order valence-corrected chi connectivity index (χ0v) is 15.4. The average Bonchev–Trinajstić information content (AvgIpc) is 2.73. The first-order valence-corrected chi connectivity index (χ1v) is 8.80. The number of methoxy groups -OCH3 is 1. The van der Waals surface area contributed by atoms with E-state index < -0.39 is 0 Å². The Hall–Kier alpha value is -3.34. The van der Waals surface area contributed by atoms with Gasteiger partial charge < -0.3 is 14.8 Å². The van der Waals surface area contributed by atoms with Crippen molar-refractivity contribution in [1.82, 2.24) is 10.3 Å². The van der Waals surface area contributed by atoms with Crippen LogP contribution in [0.3, 0.4) is 0 Å². The van der Waals surface area contributed by atoms with Gasteiger partial charge in [-0.25, -0.2) is 0 Å². The predicted octanol–water partition coefficient (Wildman–Crippen LogP) is 4.01. The van der Waals surface area contributed by atoms with Crippen molar-refractivity contribution in [2.24, 2.45) is 0 Å². The second kappa shape index (κ2) is 8.85. The summed E-state index contributed by atoms with van der Waals surface area (Å²) in [7, 11) is 1.56. The number of amides is 1. The van der Waals surface area contributed by atoms with Crippen LogP contribution in [0, 0.1) is 0 Å². The molecule has 138 valence electrons. The molecule has 0 radical (unpaired) electrons. The van der Waals surface area contributed by atoms with Gasteiger partial charge in [0.25, 0.3) is 5.91 Å². The first-order chi connectivity index (χ1) is 13.2. The van der Waals surface area contributed by atoms with E-state index >= 15 is 0 Å². The van der Waals surface area contributed by atoms with Crippen molar-refractivity contribution in [1.29, 1.82) is 0 Å². The summed E-state index contributed by atoms with van der Waals surface area (Å²) in [6.07, 6.45) is 1.72. The number of benzene rings is 2. The predicted molar refractivity (Wildman–Crippen MR) is 104 cm³/mol. The lowest BCUT2D eigenvalue weighted by Crippen LogP contribution is -2.29. The molecule has 1 heterocycles. The summed E-state index contributed by atoms with van der Waals surface area (Å²) in [5.74, 6) is 0.926. The van der Waals surface area contributed by atoms with Crippen LogP contribution in [0.1, 0.15) is 34.6 Å². The fourth-order valence-electron chi connectivity index (χ4n) is 2.82. The summed E-state index contributed by atoms with van der Waals surface area (Å²) in [5.41, 5.74) is 2.23. The molecule has 0 fully saturated rings. The summed E-state index contributed by atoms with van der Waals surface area (Å²) in [4.78, 5) is 17.3. The number of carbonyl (C=O) groups is 1. The third-order valence-corrected chi connectivity index (χ3v) is 4.12. The molecule has 0 aliphatic heterocycles. The highest BCUT2D eigenvalue weighted by atomic mass is 16.5. The molecular weight excluding hydrogens is 340 g/mol. The zero-order valence-electron chi connectivity index (χ0n) is 15.4. The van der Waals surface area contributed by atoms with Gasteiger partial charge in [-0.2, -0.15) is 0 Å². The third-order valence-electron chi connectivity index (χ3n) is 4.12. The molecule has 0 saturated carbocycles. The lowest BCUT2D eigenvalue weighted by molar-refractivity contribution is 0.0942. The van der Waals surface area contributed by atoms with Crippen LogP contribution in [0.4, 0.5) is 0 Å². The van der Waals surface area contributed by atoms with E-state index in [1.165, 1.54) is 0 Å². The number of hydrogen-bond donors (Lipinski definition) is 1. The molecule has 5 heteroatoms. The minimum atomic E-state index is -0.350. The molecule has 0 bridgehead atoms. The van der Waals surface area contributed by atoms with Gasteiger partial charge in [-0.1, -0.05) is 36.4 Å². The number of pyridine rings is 1. The molecule has 1 unspecified atom stereocenters. The van der Waals surface area contributed by atoms with Crippen LogP contribution in [-0.2, 0) is 0 Å². The number of nitrogens with one attached hydrogen (secondary N) is 1. The Labute approximate surface area is 159 Å². The quantitative estimate of drug-likeness (QED) is 0.690. The average molecular weight is 362 g/mol. The van der Waals surface area contributed by atoms with Crippen LogP contribution in [0.15, 0.2) is 72.9 Å². The smallest absolute Gasteiger partial charge is 0.252 e. The highest BCUT2D eigenvalue weighted by Crippen LogP contribution is 2.28. The maximum Gasteiger partial charge on any atom is 0.252 e. The topological polar surface area (TPSA) is 60.5 Å². The second-order valence-corrected chi connectivity index (χ2v) is 5.87. The Morgan fingerprint density at radius 2 is 1.81 bits per heavy atom. The van der Waals surface area contributed by atoms with Gasteiger partial charge in [0.05, 0.1) is 25.5 Å². The van der Waals surface area contributed by atoms with Crippen molar-refractivity contribution in [3.63, 3.8) is 0 Å². The van der Waals surface area contributed by atoms with Crippen molar-refractivity contribution < 1.29 is 14.3 Å². The standard InChI is InChI=1S/C22H22N2O3/c1-3-27-19-13-12-17(15-20(19)26-2)22(25)24-21(16-9-5-4-6-10-16)18-11-7-8-14-23-18/h4-15,21H,3H2,1-2H3,(H,24,25). The normalized spacial score (nSPS) is 11.5. The molecule has 2 aromatic carbocycles. The molecule has 0 spiro atoms. The zero-order chi connectivity index (χ0) is 19.1. The van der Waals surface area contributed by atoms with Crippen LogP contribution in [0.25, 0.3) is 0 Å². The van der Waals surface area contributed by atoms with Crippen molar-refractivity contribution in [3.8, 4) is 11.5 Å². The lowest BCUT2D eigenvalue weighted by Gasteiger charge is -2.19. The molecule has 0 saturated heterocycles. The van der Waals surface area contributed by atoms with E-state index in [1.54, 1.807) is 31.5 Å². The summed E-state index contributed by atoms with van der Waals surface area (Å²) in [6, 6.07) is 20.2. The van der Waals surface area contributed by atoms with E-state index in [4.69, 9.17) is 9.47 Å². The van der Waals surface area contributed by atoms with Crippen LogP contribution in [0.2, 0.25) is 0 Å². The SMILES string of the molecule is CCOc1ccc(C(=O)NC(c2ccccc2)c2ccccn2)cc1OC. The van der Waals surface area contributed by atoms with E-state index in [0.717, 1.165) is 11.3 Å². The molecular formula is C22H22N2O3. The second-order valence-electron chi connectivity index (χ2n) is 5.87. The van der Waals surface area contributed by atoms with Crippen LogP contribution >= 0.6 is 0 Å². The first-order valence-electron chi connectivity index (χ1n) is 8.80. The molecule has 1 aromatic heterocycles. The van der Waals surface area contributed by atoms with E-state index in [9.17, 15) is 4.79 Å². The van der Waals surface area contributed by atoms with E-state index in [0.29, 0.717) is 23.7 Å². The van der Waals surface area contributed by atoms with E-state index in [2.05, 4.69) is 10.3 Å². The molecule has 0 aliphatic carbocycles. The van der Waals surface area contributed by atoms with Gasteiger partial charge >= 0.3 is 0 Å². The molecule has 27 heavy (non-hydrogen) atoms. The minimum Gasteiger partial charge on any atom is -0.493 e. The van der Waals surface area contributed by atoms with Crippen molar-refractivity contribution in [2.45, 2.75) is 13.0 Å². The Bertz CT molecular complexity index is 843. The van der Waals surface area contributed by atoms with Gasteiger partial charge in [0.2, 0.25) is 0 Å². The fourth-order valence-corrected chi connectivity index (χ4v) is 2.82. The van der Waals surface area contributed by atoms with Crippen LogP contribution < -0.4 is 14.8 Å². The van der Waals surface area contributed by atoms with E-state index in [1.807, 2.05) is 55.5 Å². The number of rotatable bonds is 7. The highest BCUT2D eigenvalue weighted by Gasteiger charge is 2.19. The summed E-state index contributed by atoms with van der Waals surface area (Å²) in [5, 5.41) is 3.07. The number of aromatic nitrogens is 1. The van der Waals surface area contributed by atoms with Gasteiger partial charge in [-0.3, -0.25) is 9.78 Å². The van der Waals surface area contributed by atoms with Crippen molar-refractivity contribution in [3.05, 3.63) is 89.7 Å².